The third-order valence-corrected chi connectivity index (χ3v) is 4.10. The molecule has 0 heterocycles. The van der Waals surface area contributed by atoms with E-state index < -0.39 is 11.6 Å². The standard InChI is InChI=1S/C16H21F2NO/c1-2-19(11-12-5-3-6-12)10-9-15(20)13-7-4-8-14(17)16(13)18/h4,7-8,12H,2-3,5-6,9-11H2,1H3. The minimum Gasteiger partial charge on any atom is -0.303 e. The zero-order valence-corrected chi connectivity index (χ0v) is 11.9. The number of hydrogen-bond donors (Lipinski definition) is 0. The van der Waals surface area contributed by atoms with E-state index in [1.54, 1.807) is 0 Å². The van der Waals surface area contributed by atoms with Crippen molar-refractivity contribution in [3.63, 3.8) is 0 Å². The zero-order chi connectivity index (χ0) is 14.5. The molecule has 20 heavy (non-hydrogen) atoms. The van der Waals surface area contributed by atoms with Crippen LogP contribution < -0.4 is 0 Å². The van der Waals surface area contributed by atoms with Gasteiger partial charge in [-0.3, -0.25) is 4.79 Å². The average molecular weight is 281 g/mol. The number of hydrogen-bond acceptors (Lipinski definition) is 2. The van der Waals surface area contributed by atoms with E-state index in [1.807, 2.05) is 0 Å². The van der Waals surface area contributed by atoms with Crippen LogP contribution in [0.15, 0.2) is 18.2 Å². The molecule has 1 fully saturated rings. The number of Topliss-reactive ketones (excluding diaryl/α,β-unsaturated/α-hetero) is 1. The SMILES string of the molecule is CCN(CCC(=O)c1cccc(F)c1F)CC1CCC1. The summed E-state index contributed by atoms with van der Waals surface area (Å²) in [5.74, 6) is -1.57. The highest BCUT2D eigenvalue weighted by Gasteiger charge is 2.21. The van der Waals surface area contributed by atoms with Crippen molar-refractivity contribution in [1.82, 2.24) is 4.90 Å². The molecule has 1 aliphatic carbocycles. The van der Waals surface area contributed by atoms with Crippen molar-refractivity contribution in [3.05, 3.63) is 35.4 Å². The minimum atomic E-state index is -1.03. The molecule has 4 heteroatoms. The largest absolute Gasteiger partial charge is 0.303 e. The Labute approximate surface area is 118 Å². The Morgan fingerprint density at radius 1 is 1.35 bits per heavy atom. The summed E-state index contributed by atoms with van der Waals surface area (Å²) in [6.07, 6.45) is 4.07. The van der Waals surface area contributed by atoms with E-state index in [2.05, 4.69) is 11.8 Å². The van der Waals surface area contributed by atoms with Gasteiger partial charge >= 0.3 is 0 Å². The van der Waals surface area contributed by atoms with Crippen LogP contribution in [-0.2, 0) is 0 Å². The Morgan fingerprint density at radius 2 is 2.10 bits per heavy atom. The maximum Gasteiger partial charge on any atom is 0.169 e. The van der Waals surface area contributed by atoms with Crippen LogP contribution in [0.1, 0.15) is 43.0 Å². The second-order valence-corrected chi connectivity index (χ2v) is 5.46. The topological polar surface area (TPSA) is 20.3 Å². The minimum absolute atomic E-state index is 0.135. The van der Waals surface area contributed by atoms with E-state index >= 15 is 0 Å². The molecule has 0 atom stereocenters. The Hall–Kier alpha value is -1.29. The van der Waals surface area contributed by atoms with Crippen molar-refractivity contribution in [3.8, 4) is 0 Å². The summed E-state index contributed by atoms with van der Waals surface area (Å²) in [5, 5.41) is 0. The van der Waals surface area contributed by atoms with Gasteiger partial charge < -0.3 is 4.90 Å². The molecule has 2 rings (SSSR count). The third-order valence-electron chi connectivity index (χ3n) is 4.10. The molecule has 0 saturated heterocycles. The first-order valence-corrected chi connectivity index (χ1v) is 7.31. The van der Waals surface area contributed by atoms with Crippen molar-refractivity contribution in [1.29, 1.82) is 0 Å². The highest BCUT2D eigenvalue weighted by Crippen LogP contribution is 2.27. The first kappa shape index (κ1) is 15.1. The monoisotopic (exact) mass is 281 g/mol. The van der Waals surface area contributed by atoms with Gasteiger partial charge in [-0.2, -0.15) is 0 Å². The zero-order valence-electron chi connectivity index (χ0n) is 11.9. The fraction of sp³-hybridized carbons (Fsp3) is 0.562. The van der Waals surface area contributed by atoms with Crippen molar-refractivity contribution in [2.45, 2.75) is 32.6 Å². The molecule has 1 aliphatic rings. The molecule has 0 spiro atoms. The van der Waals surface area contributed by atoms with E-state index in [-0.39, 0.29) is 17.8 Å². The molecular weight excluding hydrogens is 260 g/mol. The number of rotatable bonds is 7. The molecule has 1 saturated carbocycles. The molecule has 0 N–H and O–H groups in total. The van der Waals surface area contributed by atoms with Crippen molar-refractivity contribution < 1.29 is 13.6 Å². The second kappa shape index (κ2) is 6.93. The van der Waals surface area contributed by atoms with E-state index in [9.17, 15) is 13.6 Å². The normalized spacial score (nSPS) is 15.4. The van der Waals surface area contributed by atoms with Crippen molar-refractivity contribution >= 4 is 5.78 Å². The second-order valence-electron chi connectivity index (χ2n) is 5.46. The van der Waals surface area contributed by atoms with Gasteiger partial charge in [0.25, 0.3) is 0 Å². The summed E-state index contributed by atoms with van der Waals surface area (Å²) in [7, 11) is 0. The number of carbonyl (C=O) groups excluding carboxylic acids is 1. The van der Waals surface area contributed by atoms with Gasteiger partial charge in [0.05, 0.1) is 5.56 Å². The van der Waals surface area contributed by atoms with E-state index in [0.717, 1.165) is 25.1 Å². The fourth-order valence-electron chi connectivity index (χ4n) is 2.53. The maximum atomic E-state index is 13.5. The van der Waals surface area contributed by atoms with Crippen molar-refractivity contribution in [2.24, 2.45) is 5.92 Å². The summed E-state index contributed by atoms with van der Waals surface area (Å²) in [4.78, 5) is 14.2. The predicted octanol–water partition coefficient (Wildman–Crippen LogP) is 3.66. The van der Waals surface area contributed by atoms with Gasteiger partial charge in [-0.25, -0.2) is 8.78 Å². The lowest BCUT2D eigenvalue weighted by atomic mass is 9.85. The summed E-state index contributed by atoms with van der Waals surface area (Å²) in [5.41, 5.74) is -0.135. The Balaban J connectivity index is 1.88. The molecule has 0 bridgehead atoms. The molecule has 0 amide bonds. The van der Waals surface area contributed by atoms with Gasteiger partial charge in [0.1, 0.15) is 0 Å². The molecule has 0 aliphatic heterocycles. The van der Waals surface area contributed by atoms with Crippen LogP contribution in [0, 0.1) is 17.6 Å². The Bertz CT molecular complexity index is 472. The van der Waals surface area contributed by atoms with E-state index in [1.165, 1.54) is 31.4 Å². The maximum absolute atomic E-state index is 13.5. The quantitative estimate of drug-likeness (QED) is 0.711. The smallest absolute Gasteiger partial charge is 0.169 e. The molecule has 0 radical (unpaired) electrons. The van der Waals surface area contributed by atoms with Crippen LogP contribution in [0.2, 0.25) is 0 Å². The summed E-state index contributed by atoms with van der Waals surface area (Å²) < 4.78 is 26.6. The van der Waals surface area contributed by atoms with E-state index in [4.69, 9.17) is 0 Å². The van der Waals surface area contributed by atoms with Gasteiger partial charge in [0.2, 0.25) is 0 Å². The van der Waals surface area contributed by atoms with Gasteiger partial charge in [0.15, 0.2) is 17.4 Å². The molecule has 0 aromatic heterocycles. The van der Waals surface area contributed by atoms with Crippen LogP contribution in [0.25, 0.3) is 0 Å². The first-order chi connectivity index (χ1) is 9.61. The lowest BCUT2D eigenvalue weighted by molar-refractivity contribution is 0.0949. The van der Waals surface area contributed by atoms with Crippen LogP contribution in [0.5, 0.6) is 0 Å². The molecule has 2 nitrogen and oxygen atoms in total. The van der Waals surface area contributed by atoms with Crippen LogP contribution >= 0.6 is 0 Å². The summed E-state index contributed by atoms with van der Waals surface area (Å²) >= 11 is 0. The highest BCUT2D eigenvalue weighted by atomic mass is 19.2. The first-order valence-electron chi connectivity index (χ1n) is 7.31. The Morgan fingerprint density at radius 3 is 2.70 bits per heavy atom. The Kier molecular flexibility index (Phi) is 5.24. The molecule has 0 unspecified atom stereocenters. The van der Waals surface area contributed by atoms with Gasteiger partial charge in [-0.1, -0.05) is 19.4 Å². The van der Waals surface area contributed by atoms with Crippen LogP contribution in [0.4, 0.5) is 8.78 Å². The highest BCUT2D eigenvalue weighted by molar-refractivity contribution is 5.96. The van der Waals surface area contributed by atoms with Crippen LogP contribution in [-0.4, -0.2) is 30.3 Å². The number of ketones is 1. The van der Waals surface area contributed by atoms with Gasteiger partial charge in [-0.15, -0.1) is 0 Å². The van der Waals surface area contributed by atoms with Crippen LogP contribution in [0.3, 0.4) is 0 Å². The van der Waals surface area contributed by atoms with Gasteiger partial charge in [0, 0.05) is 19.5 Å². The molecule has 110 valence electrons. The van der Waals surface area contributed by atoms with Crippen molar-refractivity contribution in [2.75, 3.05) is 19.6 Å². The fourth-order valence-corrected chi connectivity index (χ4v) is 2.53. The molecule has 1 aromatic carbocycles. The summed E-state index contributed by atoms with van der Waals surface area (Å²) in [6, 6.07) is 3.75. The van der Waals surface area contributed by atoms with E-state index in [0.29, 0.717) is 6.54 Å². The number of carbonyl (C=O) groups is 1. The number of benzene rings is 1. The lowest BCUT2D eigenvalue weighted by Crippen LogP contribution is -2.34. The summed E-state index contributed by atoms with van der Waals surface area (Å²) in [6.45, 7) is 4.57. The third kappa shape index (κ3) is 3.63. The average Bonchev–Trinajstić information content (AvgIpc) is 2.40. The predicted molar refractivity (Wildman–Crippen MR) is 74.8 cm³/mol. The number of nitrogens with zero attached hydrogens (tertiary/aromatic N) is 1. The number of halogens is 2. The van der Waals surface area contributed by atoms with Gasteiger partial charge in [-0.05, 0) is 37.4 Å². The molecular formula is C16H21F2NO. The lowest BCUT2D eigenvalue weighted by Gasteiger charge is -2.31. The molecule has 1 aromatic rings.